The number of halogens is 1. The first-order valence-corrected chi connectivity index (χ1v) is 5.68. The molecule has 0 heterocycles. The van der Waals surface area contributed by atoms with Crippen LogP contribution in [0.25, 0.3) is 0 Å². The minimum absolute atomic E-state index is 0.00261. The van der Waals surface area contributed by atoms with Crippen LogP contribution in [-0.4, -0.2) is 31.4 Å². The number of nitrogen functional groups attached to an aromatic ring is 1. The van der Waals surface area contributed by atoms with Gasteiger partial charge in [0, 0.05) is 24.7 Å². The summed E-state index contributed by atoms with van der Waals surface area (Å²) in [6.07, 6.45) is 2.07. The van der Waals surface area contributed by atoms with Gasteiger partial charge in [-0.25, -0.2) is 4.39 Å². The minimum atomic E-state index is -0.372. The van der Waals surface area contributed by atoms with Crippen molar-refractivity contribution in [1.82, 2.24) is 0 Å². The number of hydrogen-bond acceptors (Lipinski definition) is 4. The van der Waals surface area contributed by atoms with E-state index in [9.17, 15) is 4.39 Å². The number of nitrogens with zero attached hydrogens (tertiary/aromatic N) is 1. The number of rotatable bonds is 5. The van der Waals surface area contributed by atoms with E-state index in [1.807, 2.05) is 4.90 Å². The quantitative estimate of drug-likeness (QED) is 0.763. The molecule has 0 atom stereocenters. The molecule has 0 spiro atoms. The molecule has 17 heavy (non-hydrogen) atoms. The predicted octanol–water partition coefficient (Wildman–Crippen LogP) is 1.38. The molecule has 94 valence electrons. The van der Waals surface area contributed by atoms with Crippen LogP contribution in [-0.2, 0) is 0 Å². The standard InChI is InChI=1S/C12H17FN2O2/c1-17-12-7-11(9(13)6-10(12)14)15(4-5-16)8-2-3-8/h6-8,16H,2-5,14H2,1H3. The molecular formula is C12H17FN2O2. The van der Waals surface area contributed by atoms with Crippen molar-refractivity contribution >= 4 is 11.4 Å². The molecule has 1 aromatic carbocycles. The summed E-state index contributed by atoms with van der Waals surface area (Å²) in [5.74, 6) is 0.0913. The summed E-state index contributed by atoms with van der Waals surface area (Å²) in [7, 11) is 1.50. The highest BCUT2D eigenvalue weighted by Crippen LogP contribution is 2.36. The minimum Gasteiger partial charge on any atom is -0.495 e. The fraction of sp³-hybridized carbons (Fsp3) is 0.500. The number of aliphatic hydroxyl groups is 1. The van der Waals surface area contributed by atoms with E-state index in [1.54, 1.807) is 6.07 Å². The summed E-state index contributed by atoms with van der Waals surface area (Å²) in [5.41, 5.74) is 6.37. The number of ether oxygens (including phenoxy) is 1. The Balaban J connectivity index is 2.34. The normalized spacial score (nSPS) is 14.8. The van der Waals surface area contributed by atoms with Crippen LogP contribution >= 0.6 is 0 Å². The van der Waals surface area contributed by atoms with Gasteiger partial charge >= 0.3 is 0 Å². The molecule has 2 rings (SSSR count). The number of anilines is 2. The van der Waals surface area contributed by atoms with Crippen LogP contribution in [0.15, 0.2) is 12.1 Å². The second-order valence-electron chi connectivity index (χ2n) is 4.19. The van der Waals surface area contributed by atoms with E-state index in [-0.39, 0.29) is 18.1 Å². The van der Waals surface area contributed by atoms with Gasteiger partial charge in [0.2, 0.25) is 0 Å². The number of hydrogen-bond donors (Lipinski definition) is 2. The van der Waals surface area contributed by atoms with Gasteiger partial charge in [0.05, 0.1) is 25.1 Å². The molecule has 1 saturated carbocycles. The van der Waals surface area contributed by atoms with Crippen LogP contribution in [0, 0.1) is 5.82 Å². The van der Waals surface area contributed by atoms with E-state index in [2.05, 4.69) is 0 Å². The number of aliphatic hydroxyl groups excluding tert-OH is 1. The Bertz CT molecular complexity index is 408. The van der Waals surface area contributed by atoms with Crippen LogP contribution in [0.5, 0.6) is 5.75 Å². The lowest BCUT2D eigenvalue weighted by atomic mass is 10.2. The van der Waals surface area contributed by atoms with E-state index in [1.165, 1.54) is 13.2 Å². The smallest absolute Gasteiger partial charge is 0.148 e. The zero-order chi connectivity index (χ0) is 12.4. The molecule has 0 radical (unpaired) electrons. The van der Waals surface area contributed by atoms with Gasteiger partial charge in [0.1, 0.15) is 11.6 Å². The van der Waals surface area contributed by atoms with Gasteiger partial charge in [0.15, 0.2) is 0 Å². The maximum Gasteiger partial charge on any atom is 0.148 e. The van der Waals surface area contributed by atoms with E-state index >= 15 is 0 Å². The summed E-state index contributed by atoms with van der Waals surface area (Å²) in [5, 5.41) is 9.03. The van der Waals surface area contributed by atoms with Crippen molar-refractivity contribution in [1.29, 1.82) is 0 Å². The van der Waals surface area contributed by atoms with Crippen molar-refractivity contribution in [3.8, 4) is 5.75 Å². The Morgan fingerprint density at radius 3 is 2.76 bits per heavy atom. The van der Waals surface area contributed by atoms with Gasteiger partial charge in [-0.3, -0.25) is 0 Å². The zero-order valence-corrected chi connectivity index (χ0v) is 9.82. The summed E-state index contributed by atoms with van der Waals surface area (Å²) in [6.45, 7) is 0.428. The molecule has 0 amide bonds. The highest BCUT2D eigenvalue weighted by molar-refractivity contribution is 5.64. The van der Waals surface area contributed by atoms with E-state index in [4.69, 9.17) is 15.6 Å². The molecule has 0 unspecified atom stereocenters. The summed E-state index contributed by atoms with van der Waals surface area (Å²) in [6, 6.07) is 3.18. The molecule has 1 aromatic rings. The maximum absolute atomic E-state index is 13.9. The average molecular weight is 240 g/mol. The number of nitrogens with two attached hydrogens (primary N) is 1. The SMILES string of the molecule is COc1cc(N(CCO)C2CC2)c(F)cc1N. The van der Waals surface area contributed by atoms with Gasteiger partial charge in [-0.1, -0.05) is 0 Å². The third-order valence-electron chi connectivity index (χ3n) is 2.94. The largest absolute Gasteiger partial charge is 0.495 e. The molecule has 3 N–H and O–H groups in total. The molecule has 0 aliphatic heterocycles. The molecule has 1 aliphatic rings. The Morgan fingerprint density at radius 1 is 1.53 bits per heavy atom. The van der Waals surface area contributed by atoms with Crippen LogP contribution in [0.1, 0.15) is 12.8 Å². The molecule has 5 heteroatoms. The average Bonchev–Trinajstić information content (AvgIpc) is 3.11. The summed E-state index contributed by atoms with van der Waals surface area (Å²) < 4.78 is 19.0. The molecule has 4 nitrogen and oxygen atoms in total. The Morgan fingerprint density at radius 2 is 2.24 bits per heavy atom. The number of methoxy groups -OCH3 is 1. The fourth-order valence-electron chi connectivity index (χ4n) is 1.95. The van der Waals surface area contributed by atoms with Crippen molar-refractivity contribution in [2.45, 2.75) is 18.9 Å². The molecule has 0 saturated heterocycles. The first-order valence-electron chi connectivity index (χ1n) is 5.68. The molecule has 1 aliphatic carbocycles. The van der Waals surface area contributed by atoms with Crippen molar-refractivity contribution in [3.63, 3.8) is 0 Å². The van der Waals surface area contributed by atoms with Crippen LogP contribution in [0.2, 0.25) is 0 Å². The van der Waals surface area contributed by atoms with E-state index in [0.29, 0.717) is 24.0 Å². The first-order chi connectivity index (χ1) is 8.17. The molecule has 0 bridgehead atoms. The van der Waals surface area contributed by atoms with Gasteiger partial charge in [-0.05, 0) is 12.8 Å². The second-order valence-corrected chi connectivity index (χ2v) is 4.19. The zero-order valence-electron chi connectivity index (χ0n) is 9.82. The van der Waals surface area contributed by atoms with Crippen molar-refractivity contribution in [2.75, 3.05) is 30.9 Å². The Labute approximate surface area is 99.8 Å². The third-order valence-corrected chi connectivity index (χ3v) is 2.94. The highest BCUT2D eigenvalue weighted by Gasteiger charge is 2.30. The van der Waals surface area contributed by atoms with Crippen molar-refractivity contribution in [2.24, 2.45) is 0 Å². The lowest BCUT2D eigenvalue weighted by molar-refractivity contribution is 0.301. The third kappa shape index (κ3) is 2.44. The summed E-state index contributed by atoms with van der Waals surface area (Å²) in [4.78, 5) is 1.87. The predicted molar refractivity (Wildman–Crippen MR) is 64.8 cm³/mol. The van der Waals surface area contributed by atoms with Gasteiger partial charge in [0.25, 0.3) is 0 Å². The first kappa shape index (κ1) is 12.0. The lowest BCUT2D eigenvalue weighted by Crippen LogP contribution is -2.29. The highest BCUT2D eigenvalue weighted by atomic mass is 19.1. The summed E-state index contributed by atoms with van der Waals surface area (Å²) >= 11 is 0. The maximum atomic E-state index is 13.9. The molecular weight excluding hydrogens is 223 g/mol. The van der Waals surface area contributed by atoms with Crippen LogP contribution in [0.3, 0.4) is 0 Å². The second kappa shape index (κ2) is 4.79. The van der Waals surface area contributed by atoms with Gasteiger partial charge < -0.3 is 20.5 Å². The topological polar surface area (TPSA) is 58.7 Å². The fourth-order valence-corrected chi connectivity index (χ4v) is 1.95. The number of benzene rings is 1. The van der Waals surface area contributed by atoms with Crippen LogP contribution in [0.4, 0.5) is 15.8 Å². The van der Waals surface area contributed by atoms with Crippen molar-refractivity contribution in [3.05, 3.63) is 17.9 Å². The molecule has 0 aromatic heterocycles. The van der Waals surface area contributed by atoms with Gasteiger partial charge in [-0.2, -0.15) is 0 Å². The van der Waals surface area contributed by atoms with Crippen molar-refractivity contribution < 1.29 is 14.2 Å². The Kier molecular flexibility index (Phi) is 3.38. The van der Waals surface area contributed by atoms with Crippen LogP contribution < -0.4 is 15.4 Å². The monoisotopic (exact) mass is 240 g/mol. The van der Waals surface area contributed by atoms with Gasteiger partial charge in [-0.15, -0.1) is 0 Å². The lowest BCUT2D eigenvalue weighted by Gasteiger charge is -2.25. The van der Waals surface area contributed by atoms with E-state index in [0.717, 1.165) is 12.8 Å². The van der Waals surface area contributed by atoms with E-state index < -0.39 is 0 Å². The Hall–Kier alpha value is -1.49. The molecule has 1 fully saturated rings.